The number of ether oxygens (including phenoxy) is 1. The summed E-state index contributed by atoms with van der Waals surface area (Å²) in [5, 5.41) is 3.82. The number of carbonyl (C=O) groups excluding carboxylic acids is 1. The molecule has 0 spiro atoms. The number of aromatic nitrogens is 2. The zero-order chi connectivity index (χ0) is 15.5. The van der Waals surface area contributed by atoms with E-state index in [1.54, 1.807) is 0 Å². The molecule has 1 aromatic carbocycles. The third kappa shape index (κ3) is 4.23. The van der Waals surface area contributed by atoms with Crippen LogP contribution in [0.15, 0.2) is 36.7 Å². The number of nitrogen functional groups attached to an aromatic ring is 1. The molecule has 0 saturated carbocycles. The van der Waals surface area contributed by atoms with E-state index in [4.69, 9.17) is 10.5 Å². The highest BCUT2D eigenvalue weighted by Crippen LogP contribution is 2.29. The Morgan fingerprint density at radius 1 is 1.29 bits per heavy atom. The van der Waals surface area contributed by atoms with E-state index in [2.05, 4.69) is 5.10 Å². The molecule has 2 aromatic rings. The zero-order valence-electron chi connectivity index (χ0n) is 10.8. The van der Waals surface area contributed by atoms with E-state index in [-0.39, 0.29) is 13.2 Å². The Bertz CT molecular complexity index is 620. The highest BCUT2D eigenvalue weighted by atomic mass is 19.4. The van der Waals surface area contributed by atoms with E-state index in [0.29, 0.717) is 11.3 Å². The molecule has 8 heteroatoms. The number of benzene rings is 1. The Morgan fingerprint density at radius 2 is 1.95 bits per heavy atom. The largest absolute Gasteiger partial charge is 0.459 e. The summed E-state index contributed by atoms with van der Waals surface area (Å²) in [6.45, 7) is -0.217. The first-order valence-electron chi connectivity index (χ1n) is 5.94. The van der Waals surface area contributed by atoms with E-state index in [1.807, 2.05) is 0 Å². The smallest absolute Gasteiger partial charge is 0.416 e. The average Bonchev–Trinajstić information content (AvgIpc) is 2.81. The maximum Gasteiger partial charge on any atom is 0.416 e. The van der Waals surface area contributed by atoms with Gasteiger partial charge < -0.3 is 10.5 Å². The summed E-state index contributed by atoms with van der Waals surface area (Å²) in [5.41, 5.74) is 5.59. The lowest BCUT2D eigenvalue weighted by atomic mass is 10.1. The van der Waals surface area contributed by atoms with Crippen LogP contribution >= 0.6 is 0 Å². The molecule has 1 heterocycles. The molecule has 0 amide bonds. The van der Waals surface area contributed by atoms with Crippen LogP contribution in [0.25, 0.3) is 0 Å². The van der Waals surface area contributed by atoms with Crippen molar-refractivity contribution in [3.63, 3.8) is 0 Å². The Kier molecular flexibility index (Phi) is 4.15. The second-order valence-electron chi connectivity index (χ2n) is 4.33. The maximum absolute atomic E-state index is 12.4. The summed E-state index contributed by atoms with van der Waals surface area (Å²) in [4.78, 5) is 11.5. The summed E-state index contributed by atoms with van der Waals surface area (Å²) >= 11 is 0. The van der Waals surface area contributed by atoms with Gasteiger partial charge in [-0.1, -0.05) is 12.1 Å². The van der Waals surface area contributed by atoms with Crippen LogP contribution in [0.5, 0.6) is 0 Å². The first-order valence-corrected chi connectivity index (χ1v) is 5.94. The normalized spacial score (nSPS) is 11.4. The standard InChI is InChI=1S/C13H12F3N3O2/c14-13(15,16)10-3-1-9(2-4-10)8-21-12(20)7-19-6-11(17)5-18-19/h1-6H,7-8,17H2. The van der Waals surface area contributed by atoms with Crippen molar-refractivity contribution in [2.75, 3.05) is 5.73 Å². The van der Waals surface area contributed by atoms with Crippen LogP contribution < -0.4 is 5.73 Å². The lowest BCUT2D eigenvalue weighted by molar-refractivity contribution is -0.146. The predicted molar refractivity (Wildman–Crippen MR) is 67.9 cm³/mol. The molecule has 1 aromatic heterocycles. The van der Waals surface area contributed by atoms with Crippen LogP contribution in [-0.2, 0) is 28.9 Å². The highest BCUT2D eigenvalue weighted by molar-refractivity contribution is 5.69. The number of hydrogen-bond donors (Lipinski definition) is 1. The molecule has 0 unspecified atom stereocenters. The summed E-state index contributed by atoms with van der Waals surface area (Å²) < 4.78 is 43.4. The Hall–Kier alpha value is -2.51. The minimum absolute atomic E-state index is 0.103. The number of rotatable bonds is 4. The van der Waals surface area contributed by atoms with Crippen molar-refractivity contribution in [2.45, 2.75) is 19.3 Å². The van der Waals surface area contributed by atoms with Crippen LogP contribution in [0.2, 0.25) is 0 Å². The molecule has 112 valence electrons. The maximum atomic E-state index is 12.4. The van der Waals surface area contributed by atoms with Crippen LogP contribution in [0, 0.1) is 0 Å². The molecule has 0 saturated heterocycles. The van der Waals surface area contributed by atoms with Crippen molar-refractivity contribution in [1.82, 2.24) is 9.78 Å². The van der Waals surface area contributed by atoms with Gasteiger partial charge in [0.1, 0.15) is 13.2 Å². The quantitative estimate of drug-likeness (QED) is 0.879. The predicted octanol–water partition coefficient (Wildman–Crippen LogP) is 2.23. The minimum Gasteiger partial charge on any atom is -0.459 e. The van der Waals surface area contributed by atoms with E-state index >= 15 is 0 Å². The molecule has 0 radical (unpaired) electrons. The fraction of sp³-hybridized carbons (Fsp3) is 0.231. The molecule has 0 bridgehead atoms. The molecule has 0 aliphatic heterocycles. The SMILES string of the molecule is Nc1cnn(CC(=O)OCc2ccc(C(F)(F)F)cc2)c1. The second kappa shape index (κ2) is 5.86. The fourth-order valence-electron chi connectivity index (χ4n) is 1.60. The van der Waals surface area contributed by atoms with Gasteiger partial charge in [-0.15, -0.1) is 0 Å². The van der Waals surface area contributed by atoms with Crippen molar-refractivity contribution < 1.29 is 22.7 Å². The van der Waals surface area contributed by atoms with Crippen molar-refractivity contribution in [1.29, 1.82) is 0 Å². The average molecular weight is 299 g/mol. The van der Waals surface area contributed by atoms with Crippen LogP contribution in [0.1, 0.15) is 11.1 Å². The number of nitrogens with zero attached hydrogens (tertiary/aromatic N) is 2. The molecule has 2 N–H and O–H groups in total. The molecule has 0 aliphatic carbocycles. The third-order valence-corrected chi connectivity index (χ3v) is 2.63. The summed E-state index contributed by atoms with van der Waals surface area (Å²) in [6.07, 6.45) is -1.52. The molecule has 0 atom stereocenters. The Morgan fingerprint density at radius 3 is 2.48 bits per heavy atom. The molecule has 0 fully saturated rings. The van der Waals surface area contributed by atoms with Gasteiger partial charge in [0, 0.05) is 6.20 Å². The molecular weight excluding hydrogens is 287 g/mol. The molecular formula is C13H12F3N3O2. The molecule has 2 rings (SSSR count). The summed E-state index contributed by atoms with van der Waals surface area (Å²) in [5.74, 6) is -0.557. The fourth-order valence-corrected chi connectivity index (χ4v) is 1.60. The van der Waals surface area contributed by atoms with Crippen molar-refractivity contribution in [3.05, 3.63) is 47.8 Å². The third-order valence-electron chi connectivity index (χ3n) is 2.63. The number of nitrogens with two attached hydrogens (primary N) is 1. The minimum atomic E-state index is -4.38. The first kappa shape index (κ1) is 14.9. The van der Waals surface area contributed by atoms with Gasteiger partial charge in [0.25, 0.3) is 0 Å². The monoisotopic (exact) mass is 299 g/mol. The van der Waals surface area contributed by atoms with Crippen molar-refractivity contribution in [2.24, 2.45) is 0 Å². The number of esters is 1. The number of halogens is 3. The van der Waals surface area contributed by atoms with E-state index in [0.717, 1.165) is 12.1 Å². The van der Waals surface area contributed by atoms with Gasteiger partial charge in [-0.2, -0.15) is 18.3 Å². The number of anilines is 1. The zero-order valence-corrected chi connectivity index (χ0v) is 10.8. The van der Waals surface area contributed by atoms with E-state index in [9.17, 15) is 18.0 Å². The van der Waals surface area contributed by atoms with Gasteiger partial charge in [-0.05, 0) is 17.7 Å². The van der Waals surface area contributed by atoms with Gasteiger partial charge in [-0.25, -0.2) is 0 Å². The lowest BCUT2D eigenvalue weighted by Crippen LogP contribution is -2.14. The van der Waals surface area contributed by atoms with Crippen LogP contribution in [0.3, 0.4) is 0 Å². The Balaban J connectivity index is 1.86. The number of carbonyl (C=O) groups is 1. The number of hydrogen-bond acceptors (Lipinski definition) is 4. The van der Waals surface area contributed by atoms with Gasteiger partial charge >= 0.3 is 12.1 Å². The second-order valence-corrected chi connectivity index (χ2v) is 4.33. The van der Waals surface area contributed by atoms with Gasteiger partial charge in [0.15, 0.2) is 0 Å². The van der Waals surface area contributed by atoms with Crippen molar-refractivity contribution >= 4 is 11.7 Å². The summed E-state index contributed by atoms with van der Waals surface area (Å²) in [6, 6.07) is 4.42. The molecule has 5 nitrogen and oxygen atoms in total. The van der Waals surface area contributed by atoms with Crippen LogP contribution in [-0.4, -0.2) is 15.7 Å². The molecule has 21 heavy (non-hydrogen) atoms. The number of alkyl halides is 3. The van der Waals surface area contributed by atoms with Gasteiger partial charge in [-0.3, -0.25) is 9.48 Å². The highest BCUT2D eigenvalue weighted by Gasteiger charge is 2.29. The topological polar surface area (TPSA) is 70.1 Å². The molecule has 0 aliphatic rings. The van der Waals surface area contributed by atoms with Gasteiger partial charge in [0.2, 0.25) is 0 Å². The van der Waals surface area contributed by atoms with Crippen molar-refractivity contribution in [3.8, 4) is 0 Å². The first-order chi connectivity index (χ1) is 9.84. The van der Waals surface area contributed by atoms with E-state index in [1.165, 1.54) is 29.2 Å². The van der Waals surface area contributed by atoms with Gasteiger partial charge in [0.05, 0.1) is 17.4 Å². The lowest BCUT2D eigenvalue weighted by Gasteiger charge is -2.08. The Labute approximate surface area is 118 Å². The van der Waals surface area contributed by atoms with Crippen LogP contribution in [0.4, 0.5) is 18.9 Å². The van der Waals surface area contributed by atoms with E-state index < -0.39 is 17.7 Å². The summed E-state index contributed by atoms with van der Waals surface area (Å²) in [7, 11) is 0.